The molecule has 0 unspecified atom stereocenters. The van der Waals surface area contributed by atoms with E-state index in [-0.39, 0.29) is 18.2 Å². The highest BCUT2D eigenvalue weighted by Gasteiger charge is 2.20. The second-order valence-corrected chi connectivity index (χ2v) is 7.19. The highest BCUT2D eigenvalue weighted by molar-refractivity contribution is 6.31. The fourth-order valence-electron chi connectivity index (χ4n) is 3.07. The van der Waals surface area contributed by atoms with Crippen molar-refractivity contribution in [3.05, 3.63) is 99.0 Å². The second-order valence-electron chi connectivity index (χ2n) is 6.32. The van der Waals surface area contributed by atoms with Crippen LogP contribution in [-0.2, 0) is 4.79 Å². The molecule has 4 rings (SSSR count). The van der Waals surface area contributed by atoms with Crippen LogP contribution in [0.15, 0.2) is 71.7 Å². The molecule has 1 aliphatic heterocycles. The van der Waals surface area contributed by atoms with Crippen molar-refractivity contribution in [1.82, 2.24) is 0 Å². The Kier molecular flexibility index (Phi) is 4.99. The topological polar surface area (TPSA) is 58.5 Å². The van der Waals surface area contributed by atoms with E-state index in [1.54, 1.807) is 54.6 Å². The molecule has 4 nitrogen and oxygen atoms in total. The average Bonchev–Trinajstić information content (AvgIpc) is 2.85. The molecule has 3 aromatic carbocycles. The zero-order valence-electron chi connectivity index (χ0n) is 14.6. The van der Waals surface area contributed by atoms with E-state index in [1.807, 2.05) is 12.1 Å². The lowest BCUT2D eigenvalue weighted by atomic mass is 9.95. The van der Waals surface area contributed by atoms with Gasteiger partial charge in [-0.25, -0.2) is 0 Å². The van der Waals surface area contributed by atoms with Gasteiger partial charge in [-0.2, -0.15) is 0 Å². The molecule has 0 fully saturated rings. The minimum Gasteiger partial charge on any atom is -0.324 e. The summed E-state index contributed by atoms with van der Waals surface area (Å²) < 4.78 is 0. The van der Waals surface area contributed by atoms with Gasteiger partial charge >= 0.3 is 0 Å². The van der Waals surface area contributed by atoms with Gasteiger partial charge in [0.2, 0.25) is 5.91 Å². The number of carbonyl (C=O) groups is 2. The van der Waals surface area contributed by atoms with Crippen LogP contribution in [0.4, 0.5) is 5.69 Å². The second kappa shape index (κ2) is 7.58. The Labute approximate surface area is 171 Å². The first-order valence-electron chi connectivity index (χ1n) is 8.56. The van der Waals surface area contributed by atoms with E-state index in [0.29, 0.717) is 38.1 Å². The molecular formula is C22H14Cl2N2O2. The average molecular weight is 409 g/mol. The summed E-state index contributed by atoms with van der Waals surface area (Å²) in [6.07, 6.45) is 0. The number of halogens is 2. The Bertz CT molecular complexity index is 1120. The van der Waals surface area contributed by atoms with Crippen molar-refractivity contribution in [2.45, 2.75) is 0 Å². The summed E-state index contributed by atoms with van der Waals surface area (Å²) in [6.45, 7) is -0.00299. The van der Waals surface area contributed by atoms with Crippen molar-refractivity contribution in [1.29, 1.82) is 0 Å². The molecular weight excluding hydrogens is 395 g/mol. The largest absolute Gasteiger partial charge is 0.324 e. The van der Waals surface area contributed by atoms with Gasteiger partial charge in [-0.1, -0.05) is 35.3 Å². The highest BCUT2D eigenvalue weighted by Crippen LogP contribution is 2.26. The summed E-state index contributed by atoms with van der Waals surface area (Å²) >= 11 is 12.0. The number of aliphatic imine (C=N–C) groups is 1. The summed E-state index contributed by atoms with van der Waals surface area (Å²) in [5, 5.41) is 3.97. The lowest BCUT2D eigenvalue weighted by Crippen LogP contribution is -2.13. The summed E-state index contributed by atoms with van der Waals surface area (Å²) in [5.74, 6) is -0.351. The van der Waals surface area contributed by atoms with Crippen molar-refractivity contribution in [3.8, 4) is 0 Å². The normalized spacial score (nSPS) is 13.2. The van der Waals surface area contributed by atoms with Gasteiger partial charge in [0.15, 0.2) is 5.78 Å². The van der Waals surface area contributed by atoms with Gasteiger partial charge < -0.3 is 5.32 Å². The number of benzodiazepines with no additional fused rings is 1. The maximum atomic E-state index is 12.9. The molecule has 1 aliphatic rings. The molecule has 0 aromatic heterocycles. The number of ketones is 1. The van der Waals surface area contributed by atoms with Crippen LogP contribution in [0.25, 0.3) is 0 Å². The molecule has 1 N–H and O–H groups in total. The molecule has 0 aliphatic carbocycles. The molecule has 6 heteroatoms. The lowest BCUT2D eigenvalue weighted by Gasteiger charge is -2.12. The predicted octanol–water partition coefficient (Wildman–Crippen LogP) is 5.01. The zero-order chi connectivity index (χ0) is 19.7. The smallest absolute Gasteiger partial charge is 0.246 e. The number of nitrogens with zero attached hydrogens (tertiary/aromatic N) is 1. The van der Waals surface area contributed by atoms with Crippen molar-refractivity contribution >= 4 is 46.3 Å². The SMILES string of the molecule is O=C1CN=C(c2cccc(Cl)c2)c2cc(C(=O)c3ccc(Cl)cc3)ccc2N1. The Hall–Kier alpha value is -2.95. The molecule has 138 valence electrons. The summed E-state index contributed by atoms with van der Waals surface area (Å²) in [7, 11) is 0. The minimum atomic E-state index is -0.213. The van der Waals surface area contributed by atoms with Gasteiger partial charge in [0, 0.05) is 32.3 Å². The maximum absolute atomic E-state index is 12.9. The molecule has 3 aromatic rings. The molecule has 0 saturated heterocycles. The molecule has 0 radical (unpaired) electrons. The Morgan fingerprint density at radius 1 is 0.893 bits per heavy atom. The van der Waals surface area contributed by atoms with Crippen LogP contribution in [0, 0.1) is 0 Å². The first-order valence-corrected chi connectivity index (χ1v) is 9.32. The van der Waals surface area contributed by atoms with Crippen LogP contribution in [0.2, 0.25) is 10.0 Å². The van der Waals surface area contributed by atoms with Crippen molar-refractivity contribution in [2.75, 3.05) is 11.9 Å². The highest BCUT2D eigenvalue weighted by atomic mass is 35.5. The van der Waals surface area contributed by atoms with Gasteiger partial charge in [-0.3, -0.25) is 14.6 Å². The van der Waals surface area contributed by atoms with Crippen LogP contribution in [0.3, 0.4) is 0 Å². The number of hydrogen-bond donors (Lipinski definition) is 1. The number of hydrogen-bond acceptors (Lipinski definition) is 3. The molecule has 1 amide bonds. The van der Waals surface area contributed by atoms with E-state index < -0.39 is 0 Å². The van der Waals surface area contributed by atoms with Gasteiger partial charge in [0.25, 0.3) is 0 Å². The molecule has 28 heavy (non-hydrogen) atoms. The van der Waals surface area contributed by atoms with Crippen LogP contribution >= 0.6 is 23.2 Å². The van der Waals surface area contributed by atoms with Crippen LogP contribution in [0.1, 0.15) is 27.0 Å². The number of carbonyl (C=O) groups excluding carboxylic acids is 2. The minimum absolute atomic E-state index is 0.00299. The molecule has 0 bridgehead atoms. The van der Waals surface area contributed by atoms with E-state index >= 15 is 0 Å². The van der Waals surface area contributed by atoms with Gasteiger partial charge in [0.1, 0.15) is 6.54 Å². The summed E-state index contributed by atoms with van der Waals surface area (Å²) in [4.78, 5) is 29.4. The van der Waals surface area contributed by atoms with Crippen LogP contribution in [0.5, 0.6) is 0 Å². The lowest BCUT2D eigenvalue weighted by molar-refractivity contribution is -0.114. The fraction of sp³-hybridized carbons (Fsp3) is 0.0455. The predicted molar refractivity (Wildman–Crippen MR) is 112 cm³/mol. The van der Waals surface area contributed by atoms with E-state index in [2.05, 4.69) is 10.3 Å². The quantitative estimate of drug-likeness (QED) is 0.618. The van der Waals surface area contributed by atoms with E-state index in [1.165, 1.54) is 0 Å². The first kappa shape index (κ1) is 18.4. The number of rotatable bonds is 3. The van der Waals surface area contributed by atoms with Crippen molar-refractivity contribution in [3.63, 3.8) is 0 Å². The number of amides is 1. The van der Waals surface area contributed by atoms with Crippen LogP contribution in [-0.4, -0.2) is 23.9 Å². The Balaban J connectivity index is 1.82. The van der Waals surface area contributed by atoms with E-state index in [0.717, 1.165) is 5.56 Å². The Morgan fingerprint density at radius 2 is 1.64 bits per heavy atom. The molecule has 0 spiro atoms. The molecule has 0 atom stereocenters. The third-order valence-electron chi connectivity index (χ3n) is 4.40. The number of fused-ring (bicyclic) bond motifs is 1. The summed E-state index contributed by atoms with van der Waals surface area (Å²) in [5.41, 5.74) is 3.69. The van der Waals surface area contributed by atoms with Gasteiger partial charge in [0.05, 0.1) is 11.4 Å². The first-order chi connectivity index (χ1) is 13.5. The van der Waals surface area contributed by atoms with Crippen molar-refractivity contribution in [2.24, 2.45) is 4.99 Å². The number of anilines is 1. The summed E-state index contributed by atoms with van der Waals surface area (Å²) in [6, 6.07) is 19.1. The third-order valence-corrected chi connectivity index (χ3v) is 4.88. The van der Waals surface area contributed by atoms with E-state index in [9.17, 15) is 9.59 Å². The Morgan fingerprint density at radius 3 is 2.39 bits per heavy atom. The standard InChI is InChI=1S/C22H14Cl2N2O2/c23-16-7-4-13(5-8-16)22(28)15-6-9-19-18(11-15)21(25-12-20(27)26-19)14-2-1-3-17(24)10-14/h1-11H,12H2,(H,26,27). The third kappa shape index (κ3) is 3.70. The monoisotopic (exact) mass is 408 g/mol. The zero-order valence-corrected chi connectivity index (χ0v) is 16.1. The van der Waals surface area contributed by atoms with Crippen LogP contribution < -0.4 is 5.32 Å². The molecule has 0 saturated carbocycles. The number of benzene rings is 3. The maximum Gasteiger partial charge on any atom is 0.246 e. The number of nitrogens with one attached hydrogen (secondary N) is 1. The van der Waals surface area contributed by atoms with E-state index in [4.69, 9.17) is 23.2 Å². The van der Waals surface area contributed by atoms with Gasteiger partial charge in [-0.15, -0.1) is 0 Å². The van der Waals surface area contributed by atoms with Crippen molar-refractivity contribution < 1.29 is 9.59 Å². The molecule has 1 heterocycles. The fourth-order valence-corrected chi connectivity index (χ4v) is 3.38. The van der Waals surface area contributed by atoms with Gasteiger partial charge in [-0.05, 0) is 54.6 Å².